The van der Waals surface area contributed by atoms with Gasteiger partial charge in [-0.05, 0) is 49.2 Å². The fourth-order valence-corrected chi connectivity index (χ4v) is 5.62. The van der Waals surface area contributed by atoms with E-state index in [2.05, 4.69) is 62.1 Å². The van der Waals surface area contributed by atoms with Crippen molar-refractivity contribution in [3.63, 3.8) is 0 Å². The van der Waals surface area contributed by atoms with Crippen molar-refractivity contribution in [2.24, 2.45) is 0 Å². The molecule has 124 valence electrons. The summed E-state index contributed by atoms with van der Waals surface area (Å²) in [7, 11) is 0. The molecule has 3 heterocycles. The fourth-order valence-electron chi connectivity index (χ4n) is 2.45. The summed E-state index contributed by atoms with van der Waals surface area (Å²) in [6.07, 6.45) is 5.82. The predicted molar refractivity (Wildman–Crippen MR) is 111 cm³/mol. The standard InChI is InChI=1S/C21H22S3/c1-3-5-6-7-9-17-11-13-19(23-17)21-15-14-20(24-21)18-12-10-16(22-18)8-4-2/h10-15H,3-6,8H2,1-2H3. The Morgan fingerprint density at radius 1 is 0.750 bits per heavy atom. The first-order valence-corrected chi connectivity index (χ1v) is 11.0. The van der Waals surface area contributed by atoms with E-state index in [0.29, 0.717) is 0 Å². The van der Waals surface area contributed by atoms with E-state index in [9.17, 15) is 0 Å². The zero-order valence-electron chi connectivity index (χ0n) is 14.2. The van der Waals surface area contributed by atoms with Gasteiger partial charge in [0.2, 0.25) is 0 Å². The minimum absolute atomic E-state index is 1.01. The van der Waals surface area contributed by atoms with E-state index in [-0.39, 0.29) is 0 Å². The van der Waals surface area contributed by atoms with Crippen LogP contribution in [0.2, 0.25) is 0 Å². The molecule has 0 bridgehead atoms. The van der Waals surface area contributed by atoms with Crippen LogP contribution in [0.1, 0.15) is 49.3 Å². The van der Waals surface area contributed by atoms with Crippen molar-refractivity contribution >= 4 is 34.0 Å². The van der Waals surface area contributed by atoms with E-state index in [4.69, 9.17) is 0 Å². The van der Waals surface area contributed by atoms with Crippen molar-refractivity contribution in [1.29, 1.82) is 0 Å². The Bertz CT molecular complexity index is 836. The molecule has 0 radical (unpaired) electrons. The number of hydrogen-bond donors (Lipinski definition) is 0. The number of aryl methyl sites for hydroxylation is 1. The number of rotatable bonds is 6. The molecule has 0 aliphatic carbocycles. The van der Waals surface area contributed by atoms with Gasteiger partial charge in [0.1, 0.15) is 0 Å². The van der Waals surface area contributed by atoms with E-state index >= 15 is 0 Å². The molecule has 0 fully saturated rings. The predicted octanol–water partition coefficient (Wildman–Crippen LogP) is 7.70. The lowest BCUT2D eigenvalue weighted by molar-refractivity contribution is 0.828. The Labute approximate surface area is 157 Å². The summed E-state index contributed by atoms with van der Waals surface area (Å²) in [6, 6.07) is 13.4. The average molecular weight is 371 g/mol. The molecule has 0 aromatic carbocycles. The molecule has 3 heteroatoms. The summed E-state index contributed by atoms with van der Waals surface area (Å²) < 4.78 is 0. The Morgan fingerprint density at radius 3 is 2.17 bits per heavy atom. The molecule has 0 aliphatic rings. The van der Waals surface area contributed by atoms with Crippen LogP contribution in [-0.2, 0) is 6.42 Å². The van der Waals surface area contributed by atoms with Gasteiger partial charge in [-0.1, -0.05) is 38.5 Å². The zero-order chi connectivity index (χ0) is 16.8. The molecule has 3 aromatic heterocycles. The second-order valence-corrected chi connectivity index (χ2v) is 9.08. The van der Waals surface area contributed by atoms with Crippen molar-refractivity contribution in [2.45, 2.75) is 46.0 Å². The van der Waals surface area contributed by atoms with Crippen LogP contribution < -0.4 is 0 Å². The van der Waals surface area contributed by atoms with Crippen LogP contribution in [-0.4, -0.2) is 0 Å². The van der Waals surface area contributed by atoms with Gasteiger partial charge in [0, 0.05) is 30.8 Å². The number of hydrogen-bond acceptors (Lipinski definition) is 3. The van der Waals surface area contributed by atoms with Crippen LogP contribution >= 0.6 is 34.0 Å². The molecule has 0 atom stereocenters. The average Bonchev–Trinajstić information content (AvgIpc) is 3.31. The second kappa shape index (κ2) is 8.67. The molecule has 0 N–H and O–H groups in total. The molecule has 3 aromatic rings. The van der Waals surface area contributed by atoms with Crippen molar-refractivity contribution in [3.8, 4) is 31.3 Å². The third-order valence-corrected chi connectivity index (χ3v) is 7.35. The highest BCUT2D eigenvalue weighted by Gasteiger charge is 2.09. The van der Waals surface area contributed by atoms with Crippen LogP contribution in [0.15, 0.2) is 36.4 Å². The minimum Gasteiger partial charge on any atom is -0.139 e. The van der Waals surface area contributed by atoms with Gasteiger partial charge in [0.25, 0.3) is 0 Å². The maximum atomic E-state index is 3.30. The first-order chi connectivity index (χ1) is 11.8. The summed E-state index contributed by atoms with van der Waals surface area (Å²) in [5, 5.41) is 0. The van der Waals surface area contributed by atoms with Gasteiger partial charge in [-0.25, -0.2) is 0 Å². The highest BCUT2D eigenvalue weighted by Crippen LogP contribution is 2.39. The molecule has 0 aliphatic heterocycles. The molecule has 0 nitrogen and oxygen atoms in total. The first-order valence-electron chi connectivity index (χ1n) is 8.58. The SMILES string of the molecule is CCCCC#Cc1ccc(-c2ccc(-c3ccc(CCC)s3)s2)s1. The zero-order valence-corrected chi connectivity index (χ0v) is 16.7. The van der Waals surface area contributed by atoms with Gasteiger partial charge in [0.15, 0.2) is 0 Å². The van der Waals surface area contributed by atoms with Gasteiger partial charge >= 0.3 is 0 Å². The summed E-state index contributed by atoms with van der Waals surface area (Å²) in [5.74, 6) is 6.58. The van der Waals surface area contributed by atoms with Crippen LogP contribution in [0.3, 0.4) is 0 Å². The normalized spacial score (nSPS) is 10.6. The highest BCUT2D eigenvalue weighted by molar-refractivity contribution is 7.26. The monoisotopic (exact) mass is 370 g/mol. The minimum atomic E-state index is 1.01. The Balaban J connectivity index is 1.73. The van der Waals surface area contributed by atoms with Crippen LogP contribution in [0.25, 0.3) is 19.5 Å². The molecule has 0 unspecified atom stereocenters. The van der Waals surface area contributed by atoms with Crippen LogP contribution in [0.5, 0.6) is 0 Å². The van der Waals surface area contributed by atoms with E-state index in [1.807, 2.05) is 22.7 Å². The maximum absolute atomic E-state index is 3.30. The summed E-state index contributed by atoms with van der Waals surface area (Å²) in [6.45, 7) is 4.44. The Morgan fingerprint density at radius 2 is 1.42 bits per heavy atom. The molecule has 24 heavy (non-hydrogen) atoms. The van der Waals surface area contributed by atoms with Gasteiger partial charge in [-0.15, -0.1) is 34.0 Å². The van der Waals surface area contributed by atoms with Gasteiger partial charge in [-0.2, -0.15) is 0 Å². The highest BCUT2D eigenvalue weighted by atomic mass is 32.1. The van der Waals surface area contributed by atoms with Crippen LogP contribution in [0.4, 0.5) is 0 Å². The van der Waals surface area contributed by atoms with Crippen molar-refractivity contribution in [2.75, 3.05) is 0 Å². The smallest absolute Gasteiger partial charge is 0.0775 e. The number of unbranched alkanes of at least 4 members (excludes halogenated alkanes) is 2. The van der Waals surface area contributed by atoms with Crippen molar-refractivity contribution in [3.05, 3.63) is 46.2 Å². The molecule has 0 amide bonds. The lowest BCUT2D eigenvalue weighted by Crippen LogP contribution is -1.71. The van der Waals surface area contributed by atoms with E-state index in [1.165, 1.54) is 54.9 Å². The third-order valence-electron chi connectivity index (χ3n) is 3.72. The largest absolute Gasteiger partial charge is 0.139 e. The van der Waals surface area contributed by atoms with Crippen molar-refractivity contribution < 1.29 is 0 Å². The lowest BCUT2D eigenvalue weighted by atomic mass is 10.2. The maximum Gasteiger partial charge on any atom is 0.0775 e. The van der Waals surface area contributed by atoms with Crippen molar-refractivity contribution in [1.82, 2.24) is 0 Å². The second-order valence-electron chi connectivity index (χ2n) is 5.75. The Kier molecular flexibility index (Phi) is 6.31. The summed E-state index contributed by atoms with van der Waals surface area (Å²) >= 11 is 5.63. The molecule has 0 saturated carbocycles. The fraction of sp³-hybridized carbons (Fsp3) is 0.333. The van der Waals surface area contributed by atoms with E-state index in [0.717, 1.165) is 6.42 Å². The molecule has 0 spiro atoms. The molecular weight excluding hydrogens is 348 g/mol. The van der Waals surface area contributed by atoms with Crippen LogP contribution in [0, 0.1) is 11.8 Å². The van der Waals surface area contributed by atoms with Gasteiger partial charge in [0.05, 0.1) is 4.88 Å². The summed E-state index contributed by atoms with van der Waals surface area (Å²) in [5.41, 5.74) is 0. The molecule has 3 rings (SSSR count). The topological polar surface area (TPSA) is 0 Å². The molecule has 0 saturated heterocycles. The van der Waals surface area contributed by atoms with Gasteiger partial charge in [-0.3, -0.25) is 0 Å². The third kappa shape index (κ3) is 4.39. The van der Waals surface area contributed by atoms with Gasteiger partial charge < -0.3 is 0 Å². The number of thiophene rings is 3. The van der Waals surface area contributed by atoms with E-state index < -0.39 is 0 Å². The van der Waals surface area contributed by atoms with E-state index in [1.54, 1.807) is 11.3 Å². The molecular formula is C21H22S3. The summed E-state index contributed by atoms with van der Waals surface area (Å²) in [4.78, 5) is 8.12. The quantitative estimate of drug-likeness (QED) is 0.308. The first kappa shape index (κ1) is 17.5. The lowest BCUT2D eigenvalue weighted by Gasteiger charge is -1.91. The Hall–Kier alpha value is -1.34.